The van der Waals surface area contributed by atoms with Crippen LogP contribution in [0.4, 0.5) is 0 Å². The van der Waals surface area contributed by atoms with Crippen LogP contribution in [0.3, 0.4) is 0 Å². The summed E-state index contributed by atoms with van der Waals surface area (Å²) in [4.78, 5) is 4.01. The Morgan fingerprint density at radius 2 is 2.67 bits per heavy atom. The van der Waals surface area contributed by atoms with Gasteiger partial charge in [0, 0.05) is 21.5 Å². The first-order chi connectivity index (χ1) is 4.34. The molecule has 9 heavy (non-hydrogen) atoms. The Labute approximate surface area is 66.0 Å². The molecule has 0 aliphatic carbocycles. The van der Waals surface area contributed by atoms with Crippen LogP contribution in [0.15, 0.2) is 17.5 Å². The highest BCUT2D eigenvalue weighted by Gasteiger charge is 1.95. The zero-order valence-electron chi connectivity index (χ0n) is 4.60. The molecular formula is C5H5BrN2S. The second kappa shape index (κ2) is 2.98. The Morgan fingerprint density at radius 1 is 1.89 bits per heavy atom. The maximum absolute atomic E-state index is 4.01. The predicted octanol–water partition coefficient (Wildman–Crippen LogP) is 2.01. The molecule has 0 aromatic carbocycles. The summed E-state index contributed by atoms with van der Waals surface area (Å²) in [7, 11) is 0. The Hall–Kier alpha value is -0.350. The number of thiazole rings is 1. The Balaban J connectivity index is 2.77. The molecular weight excluding hydrogens is 200 g/mol. The highest BCUT2D eigenvalue weighted by atomic mass is 79.9. The van der Waals surface area contributed by atoms with E-state index >= 15 is 0 Å². The summed E-state index contributed by atoms with van der Waals surface area (Å²) >= 11 is 4.60. The zero-order chi connectivity index (χ0) is 6.69. The lowest BCUT2D eigenvalue weighted by Gasteiger charge is -1.94. The lowest BCUT2D eigenvalue weighted by atomic mass is 10.4. The number of hydrogen-bond acceptors (Lipinski definition) is 3. The molecule has 0 saturated heterocycles. The number of aromatic nitrogens is 1. The minimum atomic E-state index is 0.788. The van der Waals surface area contributed by atoms with Gasteiger partial charge in [0.05, 0.1) is 16.9 Å². The molecule has 0 atom stereocenters. The fraction of sp³-hybridized carbons (Fsp3) is 0. The molecule has 1 heterocycles. The molecule has 48 valence electrons. The van der Waals surface area contributed by atoms with Crippen molar-refractivity contribution in [2.75, 3.05) is 0 Å². The molecule has 4 heteroatoms. The van der Waals surface area contributed by atoms with Crippen LogP contribution in [0.25, 0.3) is 5.70 Å². The van der Waals surface area contributed by atoms with Gasteiger partial charge in [-0.05, 0) is 0 Å². The van der Waals surface area contributed by atoms with Gasteiger partial charge in [-0.1, -0.05) is 6.58 Å². The van der Waals surface area contributed by atoms with Crippen LogP contribution in [0.1, 0.15) is 5.69 Å². The van der Waals surface area contributed by atoms with Gasteiger partial charge in [0.1, 0.15) is 0 Å². The first-order valence-corrected chi connectivity index (χ1v) is 4.02. The zero-order valence-corrected chi connectivity index (χ0v) is 7.00. The molecule has 0 saturated carbocycles. The summed E-state index contributed by atoms with van der Waals surface area (Å²) in [5.41, 5.74) is 3.44. The highest BCUT2D eigenvalue weighted by Crippen LogP contribution is 2.09. The van der Waals surface area contributed by atoms with E-state index in [2.05, 4.69) is 32.1 Å². The van der Waals surface area contributed by atoms with E-state index in [-0.39, 0.29) is 0 Å². The van der Waals surface area contributed by atoms with Crippen molar-refractivity contribution in [1.82, 2.24) is 9.33 Å². The van der Waals surface area contributed by atoms with Crippen molar-refractivity contribution in [1.29, 1.82) is 0 Å². The normalized spacial score (nSPS) is 9.00. The maximum Gasteiger partial charge on any atom is 0.0971 e. The molecule has 0 amide bonds. The van der Waals surface area contributed by atoms with Crippen molar-refractivity contribution in [2.45, 2.75) is 0 Å². The third-order valence-electron chi connectivity index (χ3n) is 0.856. The van der Waals surface area contributed by atoms with Crippen LogP contribution in [0.2, 0.25) is 0 Å². The monoisotopic (exact) mass is 204 g/mol. The van der Waals surface area contributed by atoms with Gasteiger partial charge in [-0.3, -0.25) is 0 Å². The molecule has 0 aliphatic heterocycles. The van der Waals surface area contributed by atoms with E-state index < -0.39 is 0 Å². The van der Waals surface area contributed by atoms with Gasteiger partial charge >= 0.3 is 0 Å². The number of halogens is 1. The molecule has 1 N–H and O–H groups in total. The summed E-state index contributed by atoms with van der Waals surface area (Å²) < 4.78 is 2.73. The van der Waals surface area contributed by atoms with Gasteiger partial charge in [0.15, 0.2) is 0 Å². The van der Waals surface area contributed by atoms with Crippen LogP contribution >= 0.6 is 27.5 Å². The van der Waals surface area contributed by atoms with Gasteiger partial charge < -0.3 is 4.34 Å². The first kappa shape index (κ1) is 6.77. The van der Waals surface area contributed by atoms with Crippen molar-refractivity contribution in [3.8, 4) is 0 Å². The molecule has 2 nitrogen and oxygen atoms in total. The van der Waals surface area contributed by atoms with Crippen molar-refractivity contribution >= 4 is 33.2 Å². The standard InChI is InChI=1S/C5H5BrN2S/c1-4(8-6)5-2-9-3-7-5/h2-3,8H,1H2. The molecule has 1 aromatic rings. The van der Waals surface area contributed by atoms with E-state index in [1.165, 1.54) is 0 Å². The fourth-order valence-corrected chi connectivity index (χ4v) is 1.18. The van der Waals surface area contributed by atoms with E-state index in [4.69, 9.17) is 0 Å². The summed E-state index contributed by atoms with van der Waals surface area (Å²) in [5.74, 6) is 0. The Kier molecular flexibility index (Phi) is 2.24. The van der Waals surface area contributed by atoms with Gasteiger partial charge in [-0.15, -0.1) is 11.3 Å². The van der Waals surface area contributed by atoms with Crippen molar-refractivity contribution in [2.24, 2.45) is 0 Å². The fourth-order valence-electron chi connectivity index (χ4n) is 0.410. The van der Waals surface area contributed by atoms with Crippen molar-refractivity contribution < 1.29 is 0 Å². The van der Waals surface area contributed by atoms with E-state index in [1.807, 2.05) is 5.38 Å². The van der Waals surface area contributed by atoms with E-state index in [9.17, 15) is 0 Å². The summed E-state index contributed by atoms with van der Waals surface area (Å²) in [6.45, 7) is 3.70. The number of nitrogens with zero attached hydrogens (tertiary/aromatic N) is 1. The average Bonchev–Trinajstić information content (AvgIpc) is 2.37. The summed E-state index contributed by atoms with van der Waals surface area (Å²) in [5, 5.41) is 1.93. The van der Waals surface area contributed by atoms with Crippen LogP contribution < -0.4 is 4.34 Å². The quantitative estimate of drug-likeness (QED) is 0.747. The van der Waals surface area contributed by atoms with Gasteiger partial charge in [-0.2, -0.15) is 0 Å². The Bertz CT molecular complexity index is 195. The van der Waals surface area contributed by atoms with E-state index in [0.29, 0.717) is 0 Å². The van der Waals surface area contributed by atoms with Gasteiger partial charge in [0.25, 0.3) is 0 Å². The van der Waals surface area contributed by atoms with E-state index in [1.54, 1.807) is 16.8 Å². The Morgan fingerprint density at radius 3 is 3.11 bits per heavy atom. The lowest BCUT2D eigenvalue weighted by Crippen LogP contribution is -1.94. The van der Waals surface area contributed by atoms with E-state index in [0.717, 1.165) is 11.4 Å². The SMILES string of the molecule is C=C(NBr)c1cscn1. The molecule has 0 aliphatic rings. The molecule has 1 rings (SSSR count). The lowest BCUT2D eigenvalue weighted by molar-refractivity contribution is 1.31. The highest BCUT2D eigenvalue weighted by molar-refractivity contribution is 9.08. The third kappa shape index (κ3) is 1.53. The number of nitrogens with one attached hydrogen (secondary N) is 1. The van der Waals surface area contributed by atoms with Crippen LogP contribution in [0.5, 0.6) is 0 Å². The maximum atomic E-state index is 4.01. The molecule has 1 aromatic heterocycles. The molecule has 0 unspecified atom stereocenters. The molecule has 0 bridgehead atoms. The van der Waals surface area contributed by atoms with Gasteiger partial charge in [0.2, 0.25) is 0 Å². The van der Waals surface area contributed by atoms with Crippen LogP contribution in [-0.4, -0.2) is 4.98 Å². The second-order valence-corrected chi connectivity index (χ2v) is 2.56. The number of rotatable bonds is 2. The average molecular weight is 205 g/mol. The number of hydrogen-bond donors (Lipinski definition) is 1. The molecule has 0 spiro atoms. The van der Waals surface area contributed by atoms with Crippen LogP contribution in [0, 0.1) is 0 Å². The summed E-state index contributed by atoms with van der Waals surface area (Å²) in [6, 6.07) is 0. The minimum Gasteiger partial charge on any atom is -0.321 e. The minimum absolute atomic E-state index is 0.788. The predicted molar refractivity (Wildman–Crippen MR) is 43.2 cm³/mol. The van der Waals surface area contributed by atoms with Gasteiger partial charge in [-0.25, -0.2) is 4.98 Å². The smallest absolute Gasteiger partial charge is 0.0971 e. The van der Waals surface area contributed by atoms with Crippen LogP contribution in [-0.2, 0) is 0 Å². The second-order valence-electron chi connectivity index (χ2n) is 1.45. The van der Waals surface area contributed by atoms with Crippen molar-refractivity contribution in [3.05, 3.63) is 23.2 Å². The first-order valence-electron chi connectivity index (χ1n) is 2.28. The largest absolute Gasteiger partial charge is 0.321 e. The molecule has 0 radical (unpaired) electrons. The van der Waals surface area contributed by atoms with Crippen molar-refractivity contribution in [3.63, 3.8) is 0 Å². The topological polar surface area (TPSA) is 24.9 Å². The molecule has 0 fully saturated rings. The summed E-state index contributed by atoms with van der Waals surface area (Å²) in [6.07, 6.45) is 0. The third-order valence-corrected chi connectivity index (χ3v) is 1.92.